The molecule has 1 aliphatic rings. The smallest absolute Gasteiger partial charge is 0.407 e. The molecule has 0 spiro atoms. The summed E-state index contributed by atoms with van der Waals surface area (Å²) in [4.78, 5) is 11.9. The SMILES string of the molecule is CCCCC(CNC(=O)OC(C)(C)C)NC1CCCCC1CN. The van der Waals surface area contributed by atoms with Crippen LogP contribution < -0.4 is 16.4 Å². The molecule has 3 unspecified atom stereocenters. The third-order valence-electron chi connectivity index (χ3n) is 4.46. The highest BCUT2D eigenvalue weighted by molar-refractivity contribution is 5.67. The molecule has 0 aromatic heterocycles. The van der Waals surface area contributed by atoms with Crippen LogP contribution in [-0.4, -0.2) is 36.9 Å². The Hall–Kier alpha value is -0.810. The molecule has 1 fully saturated rings. The van der Waals surface area contributed by atoms with Crippen LogP contribution in [0.2, 0.25) is 0 Å². The lowest BCUT2D eigenvalue weighted by Gasteiger charge is -2.35. The third-order valence-corrected chi connectivity index (χ3v) is 4.46. The summed E-state index contributed by atoms with van der Waals surface area (Å²) in [5.74, 6) is 0.564. The van der Waals surface area contributed by atoms with Gasteiger partial charge in [0.05, 0.1) is 0 Å². The first-order valence-corrected chi connectivity index (χ1v) is 9.28. The average molecular weight is 328 g/mol. The lowest BCUT2D eigenvalue weighted by Crippen LogP contribution is -2.50. The molecule has 5 nitrogen and oxygen atoms in total. The van der Waals surface area contributed by atoms with Gasteiger partial charge in [-0.2, -0.15) is 0 Å². The second-order valence-corrected chi connectivity index (χ2v) is 7.78. The molecule has 4 N–H and O–H groups in total. The molecule has 1 rings (SSSR count). The Bertz CT molecular complexity index is 342. The molecule has 0 aliphatic heterocycles. The molecule has 0 aromatic carbocycles. The Labute approximate surface area is 142 Å². The van der Waals surface area contributed by atoms with Gasteiger partial charge in [-0.25, -0.2) is 4.79 Å². The van der Waals surface area contributed by atoms with E-state index in [4.69, 9.17) is 10.5 Å². The molecule has 3 atom stereocenters. The van der Waals surface area contributed by atoms with Gasteiger partial charge < -0.3 is 21.1 Å². The molecule has 0 bridgehead atoms. The monoisotopic (exact) mass is 327 g/mol. The van der Waals surface area contributed by atoms with Crippen molar-refractivity contribution >= 4 is 6.09 Å². The van der Waals surface area contributed by atoms with Crippen molar-refractivity contribution in [3.05, 3.63) is 0 Å². The number of ether oxygens (including phenoxy) is 1. The number of nitrogens with one attached hydrogen (secondary N) is 2. The van der Waals surface area contributed by atoms with Gasteiger partial charge in [0.25, 0.3) is 0 Å². The van der Waals surface area contributed by atoms with E-state index in [1.54, 1.807) is 0 Å². The first kappa shape index (κ1) is 20.2. The van der Waals surface area contributed by atoms with E-state index in [2.05, 4.69) is 17.6 Å². The topological polar surface area (TPSA) is 76.4 Å². The van der Waals surface area contributed by atoms with Gasteiger partial charge >= 0.3 is 6.09 Å². The molecule has 0 aromatic rings. The second-order valence-electron chi connectivity index (χ2n) is 7.78. The van der Waals surface area contributed by atoms with Gasteiger partial charge in [-0.05, 0) is 52.5 Å². The lowest BCUT2D eigenvalue weighted by atomic mass is 9.84. The van der Waals surface area contributed by atoms with Crippen molar-refractivity contribution in [2.45, 2.75) is 90.3 Å². The molecule has 0 saturated heterocycles. The summed E-state index contributed by atoms with van der Waals surface area (Å²) in [6.45, 7) is 9.20. The second kappa shape index (κ2) is 10.1. The van der Waals surface area contributed by atoms with Crippen molar-refractivity contribution in [2.24, 2.45) is 11.7 Å². The summed E-state index contributed by atoms with van der Waals surface area (Å²) in [6, 6.07) is 0.774. The van der Waals surface area contributed by atoms with Gasteiger partial charge in [0, 0.05) is 18.6 Å². The molecule has 136 valence electrons. The summed E-state index contributed by atoms with van der Waals surface area (Å²) < 4.78 is 5.33. The Morgan fingerprint density at radius 1 is 1.30 bits per heavy atom. The van der Waals surface area contributed by atoms with Crippen molar-refractivity contribution in [2.75, 3.05) is 13.1 Å². The van der Waals surface area contributed by atoms with E-state index in [1.165, 1.54) is 25.7 Å². The van der Waals surface area contributed by atoms with Crippen molar-refractivity contribution in [1.82, 2.24) is 10.6 Å². The molecule has 1 aliphatic carbocycles. The van der Waals surface area contributed by atoms with E-state index in [9.17, 15) is 4.79 Å². The standard InChI is InChI=1S/C18H37N3O2/c1-5-6-10-15(13-20-17(22)23-18(2,3)4)21-16-11-8-7-9-14(16)12-19/h14-16,21H,5-13,19H2,1-4H3,(H,20,22). The minimum absolute atomic E-state index is 0.291. The highest BCUT2D eigenvalue weighted by Gasteiger charge is 2.26. The maximum atomic E-state index is 11.9. The number of rotatable bonds is 8. The largest absolute Gasteiger partial charge is 0.444 e. The molecule has 23 heavy (non-hydrogen) atoms. The van der Waals surface area contributed by atoms with E-state index in [0.29, 0.717) is 24.5 Å². The van der Waals surface area contributed by atoms with Gasteiger partial charge in [-0.15, -0.1) is 0 Å². The summed E-state index contributed by atoms with van der Waals surface area (Å²) in [5, 5.41) is 6.68. The Morgan fingerprint density at radius 2 is 2.00 bits per heavy atom. The van der Waals surface area contributed by atoms with Crippen LogP contribution >= 0.6 is 0 Å². The van der Waals surface area contributed by atoms with Crippen LogP contribution in [0.15, 0.2) is 0 Å². The summed E-state index contributed by atoms with van der Waals surface area (Å²) in [6.07, 6.45) is 8.03. The molecular weight excluding hydrogens is 290 g/mol. The highest BCUT2D eigenvalue weighted by atomic mass is 16.6. The number of hydrogen-bond donors (Lipinski definition) is 3. The highest BCUT2D eigenvalue weighted by Crippen LogP contribution is 2.24. The first-order chi connectivity index (χ1) is 10.9. The van der Waals surface area contributed by atoms with Crippen LogP contribution in [0.1, 0.15) is 72.6 Å². The quantitative estimate of drug-likeness (QED) is 0.640. The van der Waals surface area contributed by atoms with Crippen LogP contribution in [0, 0.1) is 5.92 Å². The van der Waals surface area contributed by atoms with Crippen LogP contribution in [-0.2, 0) is 4.74 Å². The Balaban J connectivity index is 2.49. The van der Waals surface area contributed by atoms with Crippen LogP contribution in [0.5, 0.6) is 0 Å². The maximum Gasteiger partial charge on any atom is 0.407 e. The molecule has 1 saturated carbocycles. The van der Waals surface area contributed by atoms with Gasteiger partial charge in [0.2, 0.25) is 0 Å². The first-order valence-electron chi connectivity index (χ1n) is 9.28. The minimum atomic E-state index is -0.454. The van der Waals surface area contributed by atoms with Gasteiger partial charge in [-0.3, -0.25) is 0 Å². The zero-order valence-corrected chi connectivity index (χ0v) is 15.5. The minimum Gasteiger partial charge on any atom is -0.444 e. The van der Waals surface area contributed by atoms with Crippen molar-refractivity contribution in [1.29, 1.82) is 0 Å². The molecule has 5 heteroatoms. The van der Waals surface area contributed by atoms with Gasteiger partial charge in [-0.1, -0.05) is 32.6 Å². The van der Waals surface area contributed by atoms with E-state index in [1.807, 2.05) is 20.8 Å². The number of unbranched alkanes of at least 4 members (excludes halogenated alkanes) is 1. The zero-order valence-electron chi connectivity index (χ0n) is 15.5. The van der Waals surface area contributed by atoms with Crippen molar-refractivity contribution in [3.63, 3.8) is 0 Å². The van der Waals surface area contributed by atoms with Gasteiger partial charge in [0.15, 0.2) is 0 Å². The van der Waals surface area contributed by atoms with Crippen LogP contribution in [0.3, 0.4) is 0 Å². The molecular formula is C18H37N3O2. The third kappa shape index (κ3) is 8.56. The van der Waals surface area contributed by atoms with E-state index >= 15 is 0 Å². The van der Waals surface area contributed by atoms with Gasteiger partial charge in [0.1, 0.15) is 5.60 Å². The molecule has 1 amide bonds. The number of hydrogen-bond acceptors (Lipinski definition) is 4. The zero-order chi connectivity index (χ0) is 17.3. The van der Waals surface area contributed by atoms with Crippen LogP contribution in [0.4, 0.5) is 4.79 Å². The van der Waals surface area contributed by atoms with E-state index in [-0.39, 0.29) is 6.09 Å². The number of carbonyl (C=O) groups is 1. The number of amides is 1. The number of alkyl carbamates (subject to hydrolysis) is 1. The lowest BCUT2D eigenvalue weighted by molar-refractivity contribution is 0.0519. The Morgan fingerprint density at radius 3 is 2.61 bits per heavy atom. The molecule has 0 radical (unpaired) electrons. The maximum absolute atomic E-state index is 11.9. The summed E-state index contributed by atoms with van der Waals surface area (Å²) in [7, 11) is 0. The summed E-state index contributed by atoms with van der Waals surface area (Å²) in [5.41, 5.74) is 5.48. The van der Waals surface area contributed by atoms with E-state index < -0.39 is 5.60 Å². The van der Waals surface area contributed by atoms with E-state index in [0.717, 1.165) is 25.8 Å². The molecule has 0 heterocycles. The van der Waals surface area contributed by atoms with Crippen LogP contribution in [0.25, 0.3) is 0 Å². The fraction of sp³-hybridized carbons (Fsp3) is 0.944. The predicted molar refractivity (Wildman–Crippen MR) is 95.5 cm³/mol. The predicted octanol–water partition coefficient (Wildman–Crippen LogP) is 3.18. The van der Waals surface area contributed by atoms with Crippen molar-refractivity contribution < 1.29 is 9.53 Å². The fourth-order valence-electron chi connectivity index (χ4n) is 3.23. The summed E-state index contributed by atoms with van der Waals surface area (Å²) >= 11 is 0. The van der Waals surface area contributed by atoms with Crippen molar-refractivity contribution in [3.8, 4) is 0 Å². The Kier molecular flexibility index (Phi) is 8.92. The normalized spacial score (nSPS) is 23.3. The number of carbonyl (C=O) groups excluding carboxylic acids is 1. The fourth-order valence-corrected chi connectivity index (χ4v) is 3.23. The average Bonchev–Trinajstić information content (AvgIpc) is 2.48. The number of nitrogens with two attached hydrogens (primary N) is 1.